The Balaban J connectivity index is 2.61. The number of amides is 2. The highest BCUT2D eigenvalue weighted by Gasteiger charge is 2.32. The van der Waals surface area contributed by atoms with Gasteiger partial charge in [0.15, 0.2) is 0 Å². The normalized spacial score (nSPS) is 24.6. The van der Waals surface area contributed by atoms with Gasteiger partial charge in [-0.15, -0.1) is 0 Å². The van der Waals surface area contributed by atoms with Crippen LogP contribution in [0.5, 0.6) is 0 Å². The van der Waals surface area contributed by atoms with E-state index in [1.807, 2.05) is 23.6 Å². The molecule has 19 heavy (non-hydrogen) atoms. The molecule has 2 unspecified atom stereocenters. The standard InChI is InChI=1S/C14H29N3O2/c1-6-15(7-2)14(18)16-10-12(3)17(8-9-19-5)13(4)11-16/h12-13H,6-11H2,1-5H3. The second kappa shape index (κ2) is 7.70. The van der Waals surface area contributed by atoms with Crippen LogP contribution in [0.1, 0.15) is 27.7 Å². The quantitative estimate of drug-likeness (QED) is 0.760. The summed E-state index contributed by atoms with van der Waals surface area (Å²) in [5.74, 6) is 0. The van der Waals surface area contributed by atoms with E-state index in [0.29, 0.717) is 12.1 Å². The summed E-state index contributed by atoms with van der Waals surface area (Å²) in [7, 11) is 1.73. The lowest BCUT2D eigenvalue weighted by Gasteiger charge is -2.45. The van der Waals surface area contributed by atoms with Crippen molar-refractivity contribution >= 4 is 6.03 Å². The zero-order valence-electron chi connectivity index (χ0n) is 13.1. The number of carbonyl (C=O) groups excluding carboxylic acids is 1. The van der Waals surface area contributed by atoms with Gasteiger partial charge in [-0.3, -0.25) is 4.90 Å². The molecule has 0 bridgehead atoms. The summed E-state index contributed by atoms with van der Waals surface area (Å²) in [5.41, 5.74) is 0. The zero-order chi connectivity index (χ0) is 14.4. The highest BCUT2D eigenvalue weighted by atomic mass is 16.5. The SMILES string of the molecule is CCN(CC)C(=O)N1CC(C)N(CCOC)C(C)C1. The average Bonchev–Trinajstić information content (AvgIpc) is 2.39. The molecule has 0 aromatic carbocycles. The monoisotopic (exact) mass is 271 g/mol. The maximum Gasteiger partial charge on any atom is 0.320 e. The Labute approximate surface area is 117 Å². The van der Waals surface area contributed by atoms with Gasteiger partial charge < -0.3 is 14.5 Å². The van der Waals surface area contributed by atoms with E-state index in [9.17, 15) is 4.79 Å². The van der Waals surface area contributed by atoms with Crippen molar-refractivity contribution in [2.45, 2.75) is 39.8 Å². The molecule has 0 saturated carbocycles. The molecule has 5 nitrogen and oxygen atoms in total. The number of hydrogen-bond donors (Lipinski definition) is 0. The van der Waals surface area contributed by atoms with Crippen molar-refractivity contribution in [3.8, 4) is 0 Å². The van der Waals surface area contributed by atoms with Crippen molar-refractivity contribution in [3.63, 3.8) is 0 Å². The predicted molar refractivity (Wildman–Crippen MR) is 77.4 cm³/mol. The van der Waals surface area contributed by atoms with Gasteiger partial charge in [-0.25, -0.2) is 4.79 Å². The van der Waals surface area contributed by atoms with Crippen LogP contribution >= 0.6 is 0 Å². The van der Waals surface area contributed by atoms with Gasteiger partial charge in [0.1, 0.15) is 0 Å². The van der Waals surface area contributed by atoms with Crippen LogP contribution in [-0.2, 0) is 4.74 Å². The molecule has 0 aromatic rings. The molecule has 1 fully saturated rings. The molecule has 1 heterocycles. The molecule has 0 spiro atoms. The lowest BCUT2D eigenvalue weighted by Crippen LogP contribution is -2.60. The van der Waals surface area contributed by atoms with Crippen LogP contribution in [0.25, 0.3) is 0 Å². The molecule has 1 aliphatic heterocycles. The number of methoxy groups -OCH3 is 1. The third-order valence-electron chi connectivity index (χ3n) is 3.96. The van der Waals surface area contributed by atoms with Crippen LogP contribution in [0.3, 0.4) is 0 Å². The second-order valence-electron chi connectivity index (χ2n) is 5.29. The summed E-state index contributed by atoms with van der Waals surface area (Å²) in [6, 6.07) is 0.951. The summed E-state index contributed by atoms with van der Waals surface area (Å²) in [5, 5.41) is 0. The molecule has 2 amide bonds. The maximum atomic E-state index is 12.4. The number of piperazine rings is 1. The fraction of sp³-hybridized carbons (Fsp3) is 0.929. The van der Waals surface area contributed by atoms with Gasteiger partial charge in [0.25, 0.3) is 0 Å². The molecule has 0 aromatic heterocycles. The summed E-state index contributed by atoms with van der Waals surface area (Å²) < 4.78 is 5.16. The minimum Gasteiger partial charge on any atom is -0.383 e. The van der Waals surface area contributed by atoms with Crippen LogP contribution in [0, 0.1) is 0 Å². The van der Waals surface area contributed by atoms with Crippen molar-refractivity contribution in [2.75, 3.05) is 46.4 Å². The first-order valence-corrected chi connectivity index (χ1v) is 7.33. The highest BCUT2D eigenvalue weighted by molar-refractivity contribution is 5.74. The Morgan fingerprint density at radius 3 is 2.16 bits per heavy atom. The third kappa shape index (κ3) is 4.08. The summed E-state index contributed by atoms with van der Waals surface area (Å²) in [6.45, 7) is 13.3. The smallest absolute Gasteiger partial charge is 0.320 e. The van der Waals surface area contributed by atoms with Gasteiger partial charge in [0.05, 0.1) is 6.61 Å². The number of carbonyl (C=O) groups is 1. The van der Waals surface area contributed by atoms with Gasteiger partial charge in [-0.05, 0) is 27.7 Å². The Bertz CT molecular complexity index is 270. The Hall–Kier alpha value is -0.810. The summed E-state index contributed by atoms with van der Waals surface area (Å²) in [4.78, 5) is 18.7. The van der Waals surface area contributed by atoms with Crippen LogP contribution in [-0.4, -0.2) is 79.3 Å². The zero-order valence-corrected chi connectivity index (χ0v) is 13.1. The van der Waals surface area contributed by atoms with E-state index in [0.717, 1.165) is 39.3 Å². The molecule has 5 heteroatoms. The number of hydrogen-bond acceptors (Lipinski definition) is 3. The van der Waals surface area contributed by atoms with E-state index in [2.05, 4.69) is 18.7 Å². The van der Waals surface area contributed by atoms with E-state index < -0.39 is 0 Å². The van der Waals surface area contributed by atoms with E-state index in [4.69, 9.17) is 4.74 Å². The van der Waals surface area contributed by atoms with Crippen molar-refractivity contribution < 1.29 is 9.53 Å². The van der Waals surface area contributed by atoms with Gasteiger partial charge in [0, 0.05) is 51.9 Å². The van der Waals surface area contributed by atoms with Crippen LogP contribution in [0.4, 0.5) is 4.79 Å². The van der Waals surface area contributed by atoms with Crippen LogP contribution in [0.15, 0.2) is 0 Å². The molecular formula is C14H29N3O2. The van der Waals surface area contributed by atoms with Crippen LogP contribution in [0.2, 0.25) is 0 Å². The van der Waals surface area contributed by atoms with Gasteiger partial charge >= 0.3 is 6.03 Å². The maximum absolute atomic E-state index is 12.4. The number of urea groups is 1. The first kappa shape index (κ1) is 16.2. The van der Waals surface area contributed by atoms with E-state index in [-0.39, 0.29) is 6.03 Å². The van der Waals surface area contributed by atoms with E-state index >= 15 is 0 Å². The van der Waals surface area contributed by atoms with E-state index in [1.54, 1.807) is 7.11 Å². The molecule has 2 atom stereocenters. The van der Waals surface area contributed by atoms with Crippen LogP contribution < -0.4 is 0 Å². The lowest BCUT2D eigenvalue weighted by molar-refractivity contribution is 0.0281. The van der Waals surface area contributed by atoms with Crippen molar-refractivity contribution in [1.29, 1.82) is 0 Å². The molecule has 0 N–H and O–H groups in total. The summed E-state index contributed by atoms with van der Waals surface area (Å²) >= 11 is 0. The molecule has 1 rings (SSSR count). The Morgan fingerprint density at radius 2 is 1.74 bits per heavy atom. The van der Waals surface area contributed by atoms with Gasteiger partial charge in [-0.2, -0.15) is 0 Å². The first-order valence-electron chi connectivity index (χ1n) is 7.33. The minimum absolute atomic E-state index is 0.176. The predicted octanol–water partition coefficient (Wildman–Crippen LogP) is 1.49. The fourth-order valence-electron chi connectivity index (χ4n) is 2.84. The Morgan fingerprint density at radius 1 is 1.21 bits per heavy atom. The summed E-state index contributed by atoms with van der Waals surface area (Å²) in [6.07, 6.45) is 0. The number of nitrogens with zero attached hydrogens (tertiary/aromatic N) is 3. The van der Waals surface area contributed by atoms with Crippen molar-refractivity contribution in [1.82, 2.24) is 14.7 Å². The Kier molecular flexibility index (Phi) is 6.58. The molecule has 1 saturated heterocycles. The number of rotatable bonds is 5. The molecule has 1 aliphatic rings. The molecule has 0 aliphatic carbocycles. The molecular weight excluding hydrogens is 242 g/mol. The fourth-order valence-corrected chi connectivity index (χ4v) is 2.84. The largest absolute Gasteiger partial charge is 0.383 e. The minimum atomic E-state index is 0.176. The third-order valence-corrected chi connectivity index (χ3v) is 3.96. The topological polar surface area (TPSA) is 36.0 Å². The molecule has 112 valence electrons. The number of ether oxygens (including phenoxy) is 1. The van der Waals surface area contributed by atoms with E-state index in [1.165, 1.54) is 0 Å². The van der Waals surface area contributed by atoms with Gasteiger partial charge in [0.2, 0.25) is 0 Å². The lowest BCUT2D eigenvalue weighted by atomic mass is 10.1. The van der Waals surface area contributed by atoms with Crippen molar-refractivity contribution in [3.05, 3.63) is 0 Å². The highest BCUT2D eigenvalue weighted by Crippen LogP contribution is 2.16. The second-order valence-corrected chi connectivity index (χ2v) is 5.29. The first-order chi connectivity index (χ1) is 9.04. The van der Waals surface area contributed by atoms with Gasteiger partial charge in [-0.1, -0.05) is 0 Å². The molecule has 0 radical (unpaired) electrons. The van der Waals surface area contributed by atoms with Crippen molar-refractivity contribution in [2.24, 2.45) is 0 Å². The average molecular weight is 271 g/mol.